The van der Waals surface area contributed by atoms with Crippen LogP contribution in [0.5, 0.6) is 0 Å². The van der Waals surface area contributed by atoms with Crippen molar-refractivity contribution in [3.05, 3.63) is 101 Å². The highest BCUT2D eigenvalue weighted by molar-refractivity contribution is 7.88. The quantitative estimate of drug-likeness (QED) is 0.658. The van der Waals surface area contributed by atoms with E-state index >= 15 is 0 Å². The van der Waals surface area contributed by atoms with Crippen LogP contribution in [0.1, 0.15) is 34.0 Å². The Kier molecular flexibility index (Phi) is 5.70. The summed E-state index contributed by atoms with van der Waals surface area (Å²) in [6.07, 6.45) is 0.786. The summed E-state index contributed by atoms with van der Waals surface area (Å²) in [5, 5.41) is 0. The van der Waals surface area contributed by atoms with E-state index in [2.05, 4.69) is 4.72 Å². The first-order valence-corrected chi connectivity index (χ1v) is 11.6. The van der Waals surface area contributed by atoms with Crippen LogP contribution in [0, 0.1) is 0 Å². The number of nitrogens with one attached hydrogen (secondary N) is 1. The zero-order valence-corrected chi connectivity index (χ0v) is 17.6. The molecule has 0 radical (unpaired) electrons. The monoisotopic (exact) mass is 420 g/mol. The van der Waals surface area contributed by atoms with Gasteiger partial charge in [0.25, 0.3) is 5.91 Å². The summed E-state index contributed by atoms with van der Waals surface area (Å²) in [6.45, 7) is 2.22. The Hall–Kier alpha value is -2.96. The van der Waals surface area contributed by atoms with Gasteiger partial charge in [-0.3, -0.25) is 4.79 Å². The zero-order valence-electron chi connectivity index (χ0n) is 16.8. The molecule has 0 spiro atoms. The first-order valence-electron chi connectivity index (χ1n) is 9.94. The van der Waals surface area contributed by atoms with Crippen LogP contribution in [0.2, 0.25) is 0 Å². The van der Waals surface area contributed by atoms with Crippen molar-refractivity contribution in [1.82, 2.24) is 4.72 Å². The van der Waals surface area contributed by atoms with E-state index in [4.69, 9.17) is 0 Å². The van der Waals surface area contributed by atoms with Crippen molar-refractivity contribution in [3.8, 4) is 0 Å². The summed E-state index contributed by atoms with van der Waals surface area (Å²) < 4.78 is 27.6. The van der Waals surface area contributed by atoms with Crippen LogP contribution < -0.4 is 9.62 Å². The van der Waals surface area contributed by atoms with Crippen molar-refractivity contribution in [2.45, 2.75) is 31.7 Å². The number of sulfonamides is 1. The van der Waals surface area contributed by atoms with E-state index in [1.165, 1.54) is 0 Å². The van der Waals surface area contributed by atoms with Crippen LogP contribution >= 0.6 is 0 Å². The van der Waals surface area contributed by atoms with Gasteiger partial charge >= 0.3 is 0 Å². The Labute approximate surface area is 177 Å². The van der Waals surface area contributed by atoms with Crippen molar-refractivity contribution in [2.75, 3.05) is 4.90 Å². The van der Waals surface area contributed by atoms with E-state index in [1.54, 1.807) is 12.1 Å². The molecular formula is C24H24N2O3S. The smallest absolute Gasteiger partial charge is 0.258 e. The molecule has 1 aliphatic heterocycles. The number of hydrogen-bond acceptors (Lipinski definition) is 3. The lowest BCUT2D eigenvalue weighted by Crippen LogP contribution is -2.35. The molecule has 3 aromatic rings. The topological polar surface area (TPSA) is 66.5 Å². The third-order valence-electron chi connectivity index (χ3n) is 5.30. The molecule has 1 amide bonds. The van der Waals surface area contributed by atoms with E-state index < -0.39 is 10.0 Å². The van der Waals surface area contributed by atoms with Gasteiger partial charge in [-0.2, -0.15) is 0 Å². The number of amides is 1. The van der Waals surface area contributed by atoms with Gasteiger partial charge in [0.05, 0.1) is 5.75 Å². The van der Waals surface area contributed by atoms with E-state index in [9.17, 15) is 13.2 Å². The van der Waals surface area contributed by atoms with Crippen molar-refractivity contribution >= 4 is 21.6 Å². The number of carbonyl (C=O) groups excluding carboxylic acids is 1. The lowest BCUT2D eigenvalue weighted by atomic mass is 10.1. The summed E-state index contributed by atoms with van der Waals surface area (Å²) in [5.41, 5.74) is 4.17. The fraction of sp³-hybridized carbons (Fsp3) is 0.208. The van der Waals surface area contributed by atoms with E-state index in [-0.39, 0.29) is 24.2 Å². The molecule has 1 N–H and O–H groups in total. The molecule has 0 fully saturated rings. The second kappa shape index (κ2) is 8.42. The Morgan fingerprint density at radius 1 is 0.967 bits per heavy atom. The molecule has 1 aliphatic rings. The Morgan fingerprint density at radius 2 is 1.63 bits per heavy atom. The third-order valence-corrected chi connectivity index (χ3v) is 6.60. The highest BCUT2D eigenvalue weighted by atomic mass is 32.2. The van der Waals surface area contributed by atoms with E-state index in [1.807, 2.05) is 78.6 Å². The molecule has 0 aliphatic carbocycles. The van der Waals surface area contributed by atoms with Gasteiger partial charge in [-0.05, 0) is 48.2 Å². The molecule has 1 atom stereocenters. The maximum atomic E-state index is 13.1. The summed E-state index contributed by atoms with van der Waals surface area (Å²) in [5.74, 6) is -0.0994. The Morgan fingerprint density at radius 3 is 2.33 bits per heavy atom. The van der Waals surface area contributed by atoms with Gasteiger partial charge in [0.2, 0.25) is 10.0 Å². The maximum absolute atomic E-state index is 13.1. The van der Waals surface area contributed by atoms with Crippen LogP contribution in [0.15, 0.2) is 78.9 Å². The molecule has 0 saturated carbocycles. The number of hydrogen-bond donors (Lipinski definition) is 1. The van der Waals surface area contributed by atoms with Crippen molar-refractivity contribution < 1.29 is 13.2 Å². The van der Waals surface area contributed by atoms with Gasteiger partial charge < -0.3 is 4.90 Å². The van der Waals surface area contributed by atoms with Gasteiger partial charge in [0.1, 0.15) is 0 Å². The van der Waals surface area contributed by atoms with Crippen molar-refractivity contribution in [2.24, 2.45) is 0 Å². The average molecular weight is 421 g/mol. The lowest BCUT2D eigenvalue weighted by molar-refractivity contribution is 0.0981. The molecule has 154 valence electrons. The molecule has 0 aromatic heterocycles. The lowest BCUT2D eigenvalue weighted by Gasteiger charge is -2.23. The maximum Gasteiger partial charge on any atom is 0.258 e. The largest absolute Gasteiger partial charge is 0.305 e. The van der Waals surface area contributed by atoms with E-state index in [0.29, 0.717) is 5.56 Å². The molecule has 5 nitrogen and oxygen atoms in total. The number of anilines is 1. The zero-order chi connectivity index (χ0) is 21.1. The molecule has 30 heavy (non-hydrogen) atoms. The molecule has 3 aromatic carbocycles. The minimum Gasteiger partial charge on any atom is -0.305 e. The minimum atomic E-state index is -3.46. The highest BCUT2D eigenvalue weighted by Gasteiger charge is 2.31. The molecule has 0 saturated heterocycles. The van der Waals surface area contributed by atoms with Gasteiger partial charge in [-0.15, -0.1) is 0 Å². The molecule has 1 heterocycles. The SMILES string of the molecule is C[C@@H]1Cc2ccc(CNS(=O)(=O)Cc3ccccc3)cc2N1C(=O)c1ccccc1. The second-order valence-corrected chi connectivity index (χ2v) is 9.43. The molecule has 0 unspecified atom stereocenters. The fourth-order valence-corrected chi connectivity index (χ4v) is 4.95. The first kappa shape index (κ1) is 20.3. The van der Waals surface area contributed by atoms with Gasteiger partial charge in [0, 0.05) is 23.8 Å². The molecular weight excluding hydrogens is 396 g/mol. The number of fused-ring (bicyclic) bond motifs is 1. The predicted molar refractivity (Wildman–Crippen MR) is 119 cm³/mol. The average Bonchev–Trinajstić information content (AvgIpc) is 3.08. The van der Waals surface area contributed by atoms with Crippen LogP contribution in [-0.4, -0.2) is 20.4 Å². The summed E-state index contributed by atoms with van der Waals surface area (Å²) in [6, 6.07) is 24.2. The molecule has 6 heteroatoms. The number of nitrogens with zero attached hydrogens (tertiary/aromatic N) is 1. The van der Waals surface area contributed by atoms with Gasteiger partial charge in [-0.25, -0.2) is 13.1 Å². The Balaban J connectivity index is 1.51. The van der Waals surface area contributed by atoms with Crippen LogP contribution in [0.3, 0.4) is 0 Å². The predicted octanol–water partition coefficient (Wildman–Crippen LogP) is 3.90. The molecule has 4 rings (SSSR count). The van der Waals surface area contributed by atoms with Crippen LogP contribution in [0.4, 0.5) is 5.69 Å². The Bertz CT molecular complexity index is 1150. The second-order valence-electron chi connectivity index (χ2n) is 7.62. The number of benzene rings is 3. The van der Waals surface area contributed by atoms with Gasteiger partial charge in [-0.1, -0.05) is 60.7 Å². The number of carbonyl (C=O) groups is 1. The molecule has 0 bridgehead atoms. The fourth-order valence-electron chi connectivity index (χ4n) is 3.83. The van der Waals surface area contributed by atoms with Crippen LogP contribution in [-0.2, 0) is 28.7 Å². The summed E-state index contributed by atoms with van der Waals surface area (Å²) in [4.78, 5) is 14.9. The highest BCUT2D eigenvalue weighted by Crippen LogP contribution is 2.34. The standard InChI is InChI=1S/C24H24N2O3S/c1-18-14-22-13-12-20(16-25-30(28,29)17-19-8-4-2-5-9-19)15-23(22)26(18)24(27)21-10-6-3-7-11-21/h2-13,15,18,25H,14,16-17H2,1H3/t18-/m1/s1. The van der Waals surface area contributed by atoms with Crippen molar-refractivity contribution in [3.63, 3.8) is 0 Å². The summed E-state index contributed by atoms with van der Waals surface area (Å²) in [7, 11) is -3.46. The van der Waals surface area contributed by atoms with E-state index in [0.717, 1.165) is 28.8 Å². The normalized spacial score (nSPS) is 15.8. The minimum absolute atomic E-state index is 0.0383. The third kappa shape index (κ3) is 4.45. The van der Waals surface area contributed by atoms with Crippen molar-refractivity contribution in [1.29, 1.82) is 0 Å². The van der Waals surface area contributed by atoms with Crippen LogP contribution in [0.25, 0.3) is 0 Å². The number of rotatable bonds is 6. The first-order chi connectivity index (χ1) is 14.4. The van der Waals surface area contributed by atoms with Gasteiger partial charge in [0.15, 0.2) is 0 Å². The summed E-state index contributed by atoms with van der Waals surface area (Å²) >= 11 is 0.